The van der Waals surface area contributed by atoms with E-state index in [0.29, 0.717) is 11.8 Å². The quantitative estimate of drug-likeness (QED) is 0.0125. The predicted molar refractivity (Wildman–Crippen MR) is 477 cm³/mol. The maximum absolute atomic E-state index is 15.4. The van der Waals surface area contributed by atoms with Gasteiger partial charge in [-0.15, -0.1) is 45.3 Å². The largest absolute Gasteiger partial charge is 0.528 e. The van der Waals surface area contributed by atoms with Crippen LogP contribution in [0.4, 0.5) is 17.6 Å². The van der Waals surface area contributed by atoms with Gasteiger partial charge in [-0.2, -0.15) is 20.2 Å². The molecule has 0 saturated heterocycles. The van der Waals surface area contributed by atoms with E-state index in [0.717, 1.165) is 194 Å². The number of unbranched alkanes of at least 4 members (excludes halogenated alkanes) is 32. The average Bonchev–Trinajstić information content (AvgIpc) is 1.52. The predicted octanol–water partition coefficient (Wildman–Crippen LogP) is 32.7. The summed E-state index contributed by atoms with van der Waals surface area (Å²) in [5.41, 5.74) is 7.00. The average molecular weight is 1620 g/mol. The van der Waals surface area contributed by atoms with E-state index in [9.17, 15) is 20.1 Å². The van der Waals surface area contributed by atoms with Crippen LogP contribution in [0.25, 0.3) is 94.0 Å². The van der Waals surface area contributed by atoms with Crippen LogP contribution in [-0.2, 0) is 25.9 Å². The number of benzene rings is 3. The molecule has 6 heterocycles. The first-order chi connectivity index (χ1) is 55.7. The molecule has 0 fully saturated rings. The number of hydrogen-bond donors (Lipinski definition) is 0. The second kappa shape index (κ2) is 43.7. The highest BCUT2D eigenvalue weighted by atomic mass is 32.1. The Bertz CT molecular complexity index is 4810. The molecule has 0 saturated carbocycles. The van der Waals surface area contributed by atoms with Gasteiger partial charge in [0.05, 0.1) is 55.8 Å². The number of aryl methyl sites for hydroxylation is 2. The summed E-state index contributed by atoms with van der Waals surface area (Å²) in [6.45, 7) is 31.6. The molecule has 11 rings (SSSR count). The van der Waals surface area contributed by atoms with Crippen LogP contribution in [-0.4, -0.2) is 20.7 Å². The van der Waals surface area contributed by atoms with Crippen molar-refractivity contribution in [2.75, 3.05) is 0 Å². The molecule has 2 unspecified atom stereocenters. The normalized spacial score (nSPS) is 14.2. The Morgan fingerprint density at radius 1 is 0.395 bits per heavy atom. The number of fused-ring (bicyclic) bond motifs is 13. The van der Waals surface area contributed by atoms with Crippen LogP contribution in [0.1, 0.15) is 364 Å². The van der Waals surface area contributed by atoms with E-state index in [1.807, 2.05) is 47.0 Å². The van der Waals surface area contributed by atoms with Crippen LogP contribution in [0, 0.1) is 70.9 Å². The van der Waals surface area contributed by atoms with Crippen molar-refractivity contribution in [2.24, 2.45) is 11.8 Å². The molecule has 2 aliphatic carbocycles. The Morgan fingerprint density at radius 3 is 1.03 bits per heavy atom. The maximum atomic E-state index is 15.4. The number of allylic oxidation sites excluding steroid dienone is 5. The summed E-state index contributed by atoms with van der Waals surface area (Å²) in [7, 11) is 0. The highest BCUT2D eigenvalue weighted by Gasteiger charge is 2.40. The zero-order valence-electron chi connectivity index (χ0n) is 68.9. The van der Waals surface area contributed by atoms with Gasteiger partial charge in [-0.05, 0) is 122 Å². The molecule has 0 amide bonds. The number of hydrogen-bond acceptors (Lipinski definition) is 8. The van der Waals surface area contributed by atoms with Gasteiger partial charge in [-0.1, -0.05) is 285 Å². The Morgan fingerprint density at radius 2 is 0.693 bits per heavy atom. The van der Waals surface area contributed by atoms with Gasteiger partial charge in [0.25, 0.3) is 0 Å². The minimum absolute atomic E-state index is 0.0361. The molecule has 0 bridgehead atoms. The fourth-order valence-electron chi connectivity index (χ4n) is 18.2. The van der Waals surface area contributed by atoms with Crippen molar-refractivity contribution in [3.8, 4) is 12.1 Å². The zero-order chi connectivity index (χ0) is 80.6. The second-order valence-corrected chi connectivity index (χ2v) is 37.0. The lowest BCUT2D eigenvalue weighted by atomic mass is 9.93. The molecule has 0 spiro atoms. The molecule has 6 aromatic heterocycles. The number of aromatic nitrogens is 2. The van der Waals surface area contributed by atoms with Crippen LogP contribution in [0.15, 0.2) is 58.9 Å². The molecule has 0 aliphatic heterocycles. The fraction of sp³-hybridized carbons (Fsp3) is 0.551. The van der Waals surface area contributed by atoms with Crippen LogP contribution >= 0.6 is 45.3 Å². The highest BCUT2D eigenvalue weighted by molar-refractivity contribution is 7.34. The third-order valence-corrected chi connectivity index (χ3v) is 29.6. The van der Waals surface area contributed by atoms with E-state index < -0.39 is 34.8 Å². The van der Waals surface area contributed by atoms with E-state index in [1.54, 1.807) is 22.7 Å². The molecular weight excluding hydrogens is 1500 g/mol. The van der Waals surface area contributed by atoms with Crippen molar-refractivity contribution in [2.45, 2.75) is 337 Å². The lowest BCUT2D eigenvalue weighted by Crippen LogP contribution is -2.14. The van der Waals surface area contributed by atoms with Crippen LogP contribution in [0.3, 0.4) is 0 Å². The van der Waals surface area contributed by atoms with Gasteiger partial charge in [-0.25, -0.2) is 17.6 Å². The molecular formula is C98H120F4N6O2S4. The van der Waals surface area contributed by atoms with Crippen molar-refractivity contribution >= 4 is 141 Å². The van der Waals surface area contributed by atoms with Gasteiger partial charge in [0.1, 0.15) is 30.9 Å². The Balaban J connectivity index is 1.20. The van der Waals surface area contributed by atoms with Crippen molar-refractivity contribution < 1.29 is 27.2 Å². The van der Waals surface area contributed by atoms with Gasteiger partial charge in [0, 0.05) is 61.5 Å². The van der Waals surface area contributed by atoms with E-state index in [1.165, 1.54) is 207 Å². The van der Waals surface area contributed by atoms with Crippen molar-refractivity contribution in [1.82, 2.24) is 9.13 Å². The topological polar surface area (TPSA) is 100 Å². The van der Waals surface area contributed by atoms with E-state index in [-0.39, 0.29) is 55.9 Å². The smallest absolute Gasteiger partial charge is 0.337 e. The number of nitrogens with zero attached hydrogens (tertiary/aromatic N) is 6. The lowest BCUT2D eigenvalue weighted by Gasteiger charge is -2.22. The van der Waals surface area contributed by atoms with Crippen molar-refractivity contribution in [3.05, 3.63) is 148 Å². The molecule has 2 aliphatic rings. The molecule has 2 atom stereocenters. The maximum Gasteiger partial charge on any atom is 0.528 e. The zero-order valence-corrected chi connectivity index (χ0v) is 72.2. The number of carbonyl (C=O) groups is 2. The fourth-order valence-corrected chi connectivity index (χ4v) is 24.0. The summed E-state index contributed by atoms with van der Waals surface area (Å²) >= 11 is 7.01. The standard InChI is InChI=1S/C98H120F4N6O2S4/c1-9-15-21-27-31-33-35-39-45-51-68-82(59-76-84(67(61-103)62-104)72-55-78(99)80(101)57-74(72)90(76)109)111-96-88-92(113-94(68)96)70-53-54-71-87(86(70)107(88)63-65(47-41-25-19-13-5)49-43-37-29-23-17-11-3)108(64-66(48-42-26-20-14-6)50-44-38-30-24-18-12-4)89-93(71)114-95-69(52-46-40-36-34-32-28-22-16-10-2)83(112-97(89)95)60-77-85(98(105-7)106-8)73-56-79(100)81(102)58-75(73)91(77)110/h53-60,65-66H,9-52,63-64H2,1-6H3/b76-59-,77-60-. The Kier molecular flexibility index (Phi) is 33.5. The number of thiophene rings is 4. The van der Waals surface area contributed by atoms with Crippen LogP contribution in [0.2, 0.25) is 0 Å². The number of Topliss-reactive ketones (excluding diaryl/α,β-unsaturated/α-hetero) is 2. The first-order valence-electron chi connectivity index (χ1n) is 44.2. The van der Waals surface area contributed by atoms with E-state index in [4.69, 9.17) is 13.1 Å². The molecule has 3 aromatic carbocycles. The van der Waals surface area contributed by atoms with Crippen molar-refractivity contribution in [1.29, 1.82) is 10.5 Å². The molecule has 8 nitrogen and oxygen atoms in total. The Hall–Kier alpha value is -7.44. The summed E-state index contributed by atoms with van der Waals surface area (Å²) in [4.78, 5) is 38.9. The number of carbonyl (C=O) groups excluding carboxylic acids is 2. The molecule has 606 valence electrons. The minimum Gasteiger partial charge on any atom is -0.337 e. The Labute approximate surface area is 692 Å². The minimum atomic E-state index is -1.17. The third kappa shape index (κ3) is 20.2. The second-order valence-electron chi connectivity index (χ2n) is 32.8. The van der Waals surface area contributed by atoms with E-state index in [2.05, 4.69) is 72.5 Å². The van der Waals surface area contributed by atoms with Crippen LogP contribution in [0.5, 0.6) is 0 Å². The van der Waals surface area contributed by atoms with Gasteiger partial charge in [0.2, 0.25) is 0 Å². The molecule has 0 radical (unpaired) electrons. The summed E-state index contributed by atoms with van der Waals surface area (Å²) in [5, 5.41) is 23.6. The SMILES string of the molecule is [C-]#[N+]C([N+]#[C-])=C1/C(=C/c2sc3c(sc4c5ccc6c7sc8c(CCCCCCCCCCC)c(/C=C9\C(=O)c%10cc(F)c(F)cc%10C9=C(C#N)C#N)sc8c7n(CC(CCCCCC)CCCCCCCC)c6c5n(CC(CCCCCC)CCCCCCCC)c34)c2CCCCCCCCCCC)C(=O)c2cc(F)c(F)cc21. The van der Waals surface area contributed by atoms with Gasteiger partial charge in [-0.3, -0.25) is 9.59 Å². The monoisotopic (exact) mass is 1620 g/mol. The number of halogens is 4. The summed E-state index contributed by atoms with van der Waals surface area (Å²) in [6.07, 6.45) is 54.0. The molecule has 16 heteroatoms. The molecule has 0 N–H and O–H groups in total. The van der Waals surface area contributed by atoms with E-state index >= 15 is 17.6 Å². The van der Waals surface area contributed by atoms with Gasteiger partial charge < -0.3 is 9.13 Å². The number of rotatable bonds is 50. The number of ketones is 2. The summed E-state index contributed by atoms with van der Waals surface area (Å²) < 4.78 is 74.0. The first-order valence-corrected chi connectivity index (χ1v) is 47.5. The highest BCUT2D eigenvalue weighted by Crippen LogP contribution is 2.55. The lowest BCUT2D eigenvalue weighted by molar-refractivity contribution is 0.103. The van der Waals surface area contributed by atoms with Crippen LogP contribution < -0.4 is 0 Å². The first kappa shape index (κ1) is 87.4. The summed E-state index contributed by atoms with van der Waals surface area (Å²) in [5.74, 6) is -5.36. The van der Waals surface area contributed by atoms with Gasteiger partial charge >= 0.3 is 5.82 Å². The molecule has 114 heavy (non-hydrogen) atoms. The third-order valence-electron chi connectivity index (χ3n) is 24.4. The van der Waals surface area contributed by atoms with Crippen molar-refractivity contribution in [3.63, 3.8) is 0 Å². The van der Waals surface area contributed by atoms with Gasteiger partial charge in [0.15, 0.2) is 34.8 Å². The molecule has 9 aromatic rings. The number of nitriles is 2. The summed E-state index contributed by atoms with van der Waals surface area (Å²) in [6, 6.07) is 12.6.